The molecule has 0 saturated carbocycles. The molecule has 0 aliphatic carbocycles. The van der Waals surface area contributed by atoms with Gasteiger partial charge >= 0.3 is 0 Å². The van der Waals surface area contributed by atoms with Crippen LogP contribution in [0.3, 0.4) is 0 Å². The lowest BCUT2D eigenvalue weighted by Gasteiger charge is -2.06. The SMILES string of the molecule is CC(C)c1nccc(Br)c1C#N. The zero-order valence-electron chi connectivity index (χ0n) is 7.00. The van der Waals surface area contributed by atoms with Crippen LogP contribution in [0.4, 0.5) is 0 Å². The minimum absolute atomic E-state index is 0.289. The first-order valence-electron chi connectivity index (χ1n) is 3.71. The Bertz CT molecular complexity index is 326. The fraction of sp³-hybridized carbons (Fsp3) is 0.333. The molecule has 62 valence electrons. The molecule has 0 amide bonds. The van der Waals surface area contributed by atoms with Crippen LogP contribution < -0.4 is 0 Å². The van der Waals surface area contributed by atoms with E-state index in [-0.39, 0.29) is 5.92 Å². The Morgan fingerprint density at radius 1 is 1.58 bits per heavy atom. The van der Waals surface area contributed by atoms with Gasteiger partial charge in [0.2, 0.25) is 0 Å². The van der Waals surface area contributed by atoms with Crippen LogP contribution in [-0.4, -0.2) is 4.98 Å². The molecule has 1 aromatic heterocycles. The van der Waals surface area contributed by atoms with Crippen LogP contribution in [0.5, 0.6) is 0 Å². The van der Waals surface area contributed by atoms with Crippen molar-refractivity contribution in [2.45, 2.75) is 19.8 Å². The van der Waals surface area contributed by atoms with Gasteiger partial charge in [-0.3, -0.25) is 4.98 Å². The first-order valence-corrected chi connectivity index (χ1v) is 4.50. The van der Waals surface area contributed by atoms with Gasteiger partial charge in [0.05, 0.1) is 11.3 Å². The summed E-state index contributed by atoms with van der Waals surface area (Å²) in [6.07, 6.45) is 1.71. The monoisotopic (exact) mass is 224 g/mol. The van der Waals surface area contributed by atoms with Gasteiger partial charge < -0.3 is 0 Å². The van der Waals surface area contributed by atoms with Crippen LogP contribution in [0.25, 0.3) is 0 Å². The van der Waals surface area contributed by atoms with Gasteiger partial charge in [-0.25, -0.2) is 0 Å². The van der Waals surface area contributed by atoms with Crippen LogP contribution >= 0.6 is 15.9 Å². The summed E-state index contributed by atoms with van der Waals surface area (Å²) in [4.78, 5) is 4.16. The molecule has 0 aliphatic rings. The predicted octanol–water partition coefficient (Wildman–Crippen LogP) is 2.84. The van der Waals surface area contributed by atoms with Crippen molar-refractivity contribution >= 4 is 15.9 Å². The molecule has 0 aromatic carbocycles. The lowest BCUT2D eigenvalue weighted by molar-refractivity contribution is 0.816. The van der Waals surface area contributed by atoms with Crippen LogP contribution in [0.2, 0.25) is 0 Å². The molecule has 0 aliphatic heterocycles. The molecular weight excluding hydrogens is 216 g/mol. The average molecular weight is 225 g/mol. The molecule has 0 spiro atoms. The highest BCUT2D eigenvalue weighted by atomic mass is 79.9. The van der Waals surface area contributed by atoms with E-state index in [1.807, 2.05) is 13.8 Å². The van der Waals surface area contributed by atoms with E-state index in [4.69, 9.17) is 5.26 Å². The highest BCUT2D eigenvalue weighted by Crippen LogP contribution is 2.22. The molecule has 12 heavy (non-hydrogen) atoms. The molecule has 0 saturated heterocycles. The molecule has 0 radical (unpaired) electrons. The zero-order chi connectivity index (χ0) is 9.14. The second-order valence-corrected chi connectivity index (χ2v) is 3.67. The Morgan fingerprint density at radius 3 is 2.67 bits per heavy atom. The van der Waals surface area contributed by atoms with Gasteiger partial charge in [-0.05, 0) is 27.9 Å². The fourth-order valence-corrected chi connectivity index (χ4v) is 1.41. The summed E-state index contributed by atoms with van der Waals surface area (Å²) in [5, 5.41) is 8.83. The number of hydrogen-bond acceptors (Lipinski definition) is 2. The third-order valence-corrected chi connectivity index (χ3v) is 2.25. The van der Waals surface area contributed by atoms with Gasteiger partial charge in [-0.15, -0.1) is 0 Å². The molecule has 0 atom stereocenters. The van der Waals surface area contributed by atoms with Crippen molar-refractivity contribution in [3.63, 3.8) is 0 Å². The number of rotatable bonds is 1. The second-order valence-electron chi connectivity index (χ2n) is 2.82. The maximum Gasteiger partial charge on any atom is 0.102 e. The van der Waals surface area contributed by atoms with E-state index >= 15 is 0 Å². The van der Waals surface area contributed by atoms with Crippen molar-refractivity contribution < 1.29 is 0 Å². The summed E-state index contributed by atoms with van der Waals surface area (Å²) in [6.45, 7) is 4.05. The van der Waals surface area contributed by atoms with Gasteiger partial charge in [0.25, 0.3) is 0 Å². The van der Waals surface area contributed by atoms with Gasteiger partial charge in [0, 0.05) is 10.7 Å². The minimum atomic E-state index is 0.289. The number of hydrogen-bond donors (Lipinski definition) is 0. The largest absolute Gasteiger partial charge is 0.260 e. The lowest BCUT2D eigenvalue weighted by Crippen LogP contribution is -1.97. The van der Waals surface area contributed by atoms with Crippen LogP contribution in [0.15, 0.2) is 16.7 Å². The van der Waals surface area contributed by atoms with Gasteiger partial charge in [0.1, 0.15) is 6.07 Å². The van der Waals surface area contributed by atoms with Crippen LogP contribution in [0.1, 0.15) is 31.0 Å². The Labute approximate surface area is 80.4 Å². The number of nitriles is 1. The minimum Gasteiger partial charge on any atom is -0.260 e. The highest BCUT2D eigenvalue weighted by Gasteiger charge is 2.09. The van der Waals surface area contributed by atoms with Gasteiger partial charge in [0.15, 0.2) is 0 Å². The van der Waals surface area contributed by atoms with E-state index in [0.717, 1.165) is 10.2 Å². The highest BCUT2D eigenvalue weighted by molar-refractivity contribution is 9.10. The molecule has 1 aromatic rings. The Kier molecular flexibility index (Phi) is 2.83. The molecule has 0 bridgehead atoms. The number of halogens is 1. The van der Waals surface area contributed by atoms with E-state index in [1.165, 1.54) is 0 Å². The maximum atomic E-state index is 8.83. The van der Waals surface area contributed by atoms with Gasteiger partial charge in [-0.2, -0.15) is 5.26 Å². The molecule has 2 nitrogen and oxygen atoms in total. The smallest absolute Gasteiger partial charge is 0.102 e. The van der Waals surface area contributed by atoms with E-state index < -0.39 is 0 Å². The first-order chi connectivity index (χ1) is 5.66. The molecule has 1 heterocycles. The van der Waals surface area contributed by atoms with E-state index in [2.05, 4.69) is 27.0 Å². The fourth-order valence-electron chi connectivity index (χ4n) is 1.00. The quantitative estimate of drug-likeness (QED) is 0.736. The van der Waals surface area contributed by atoms with E-state index in [9.17, 15) is 0 Å². The van der Waals surface area contributed by atoms with Crippen molar-refractivity contribution in [1.82, 2.24) is 4.98 Å². The maximum absolute atomic E-state index is 8.83. The van der Waals surface area contributed by atoms with Crippen molar-refractivity contribution in [1.29, 1.82) is 5.26 Å². The van der Waals surface area contributed by atoms with Crippen LogP contribution in [0, 0.1) is 11.3 Å². The van der Waals surface area contributed by atoms with Crippen LogP contribution in [-0.2, 0) is 0 Å². The van der Waals surface area contributed by atoms with Gasteiger partial charge in [-0.1, -0.05) is 13.8 Å². The molecule has 0 unspecified atom stereocenters. The molecule has 3 heteroatoms. The average Bonchev–Trinajstić information content (AvgIpc) is 2.03. The summed E-state index contributed by atoms with van der Waals surface area (Å²) in [7, 11) is 0. The van der Waals surface area contributed by atoms with Crippen molar-refractivity contribution in [3.8, 4) is 6.07 Å². The van der Waals surface area contributed by atoms with Crippen molar-refractivity contribution in [2.75, 3.05) is 0 Å². The van der Waals surface area contributed by atoms with E-state index in [1.54, 1.807) is 12.3 Å². The lowest BCUT2D eigenvalue weighted by atomic mass is 10.1. The topological polar surface area (TPSA) is 36.7 Å². The summed E-state index contributed by atoms with van der Waals surface area (Å²) >= 11 is 3.31. The summed E-state index contributed by atoms with van der Waals surface area (Å²) in [5.74, 6) is 0.289. The summed E-state index contributed by atoms with van der Waals surface area (Å²) in [5.41, 5.74) is 1.50. The second kappa shape index (κ2) is 3.68. The Hall–Kier alpha value is -0.880. The third kappa shape index (κ3) is 1.64. The van der Waals surface area contributed by atoms with Crippen molar-refractivity contribution in [3.05, 3.63) is 28.0 Å². The summed E-state index contributed by atoms with van der Waals surface area (Å²) in [6, 6.07) is 3.92. The number of nitrogens with zero attached hydrogens (tertiary/aromatic N) is 2. The molecule has 0 N–H and O–H groups in total. The number of aromatic nitrogens is 1. The van der Waals surface area contributed by atoms with Crippen molar-refractivity contribution in [2.24, 2.45) is 0 Å². The molecule has 1 rings (SSSR count). The summed E-state index contributed by atoms with van der Waals surface area (Å²) < 4.78 is 0.823. The molecular formula is C9H9BrN2. The standard InChI is InChI=1S/C9H9BrN2/c1-6(2)9-7(5-11)8(10)3-4-12-9/h3-4,6H,1-2H3. The number of pyridine rings is 1. The molecule has 0 fully saturated rings. The third-order valence-electron chi connectivity index (χ3n) is 1.59. The van der Waals surface area contributed by atoms with E-state index in [0.29, 0.717) is 5.56 Å². The Morgan fingerprint density at radius 2 is 2.25 bits per heavy atom. The Balaban J connectivity index is 3.30. The predicted molar refractivity (Wildman–Crippen MR) is 50.7 cm³/mol. The first kappa shape index (κ1) is 9.21. The zero-order valence-corrected chi connectivity index (χ0v) is 8.59. The normalized spacial score (nSPS) is 9.92.